The van der Waals surface area contributed by atoms with Crippen LogP contribution < -0.4 is 4.72 Å². The van der Waals surface area contributed by atoms with Gasteiger partial charge in [0.1, 0.15) is 18.9 Å². The van der Waals surface area contributed by atoms with E-state index in [0.717, 1.165) is 6.07 Å². The lowest BCUT2D eigenvalue weighted by atomic mass is 9.97. The van der Waals surface area contributed by atoms with Gasteiger partial charge in [-0.05, 0) is 44.9 Å². The van der Waals surface area contributed by atoms with Crippen molar-refractivity contribution in [3.63, 3.8) is 0 Å². The smallest absolute Gasteiger partial charge is 0.416 e. The third kappa shape index (κ3) is 6.70. The first-order chi connectivity index (χ1) is 11.1. The Morgan fingerprint density at radius 2 is 1.72 bits per heavy atom. The summed E-state index contributed by atoms with van der Waals surface area (Å²) in [4.78, 5) is 0. The maximum atomic E-state index is 13.2. The maximum Gasteiger partial charge on any atom is 0.416 e. The van der Waals surface area contributed by atoms with Gasteiger partial charge in [-0.2, -0.15) is 13.2 Å². The second-order valence-electron chi connectivity index (χ2n) is 7.97. The van der Waals surface area contributed by atoms with Crippen LogP contribution in [0.2, 0.25) is 19.6 Å². The van der Waals surface area contributed by atoms with Gasteiger partial charge in [0.2, 0.25) is 0 Å². The first kappa shape index (κ1) is 22.1. The summed E-state index contributed by atoms with van der Waals surface area (Å²) in [5, 5.41) is 0. The highest BCUT2D eigenvalue weighted by molar-refractivity contribution is 7.90. The zero-order valence-corrected chi connectivity index (χ0v) is 17.6. The normalized spacial score (nSPS) is 15.3. The predicted octanol–water partition coefficient (Wildman–Crippen LogP) is 4.99. The molecule has 2 atom stereocenters. The fourth-order valence-electron chi connectivity index (χ4n) is 2.02. The van der Waals surface area contributed by atoms with Crippen molar-refractivity contribution >= 4 is 19.4 Å². The van der Waals surface area contributed by atoms with Crippen LogP contribution in [-0.2, 0) is 17.5 Å². The average Bonchev–Trinajstić information content (AvgIpc) is 2.40. The molecule has 0 radical (unpaired) electrons. The van der Waals surface area contributed by atoms with E-state index in [2.05, 4.69) is 35.8 Å². The van der Waals surface area contributed by atoms with E-state index in [0.29, 0.717) is 5.56 Å². The molecule has 0 amide bonds. The molecule has 0 aliphatic carbocycles. The van der Waals surface area contributed by atoms with Crippen molar-refractivity contribution < 1.29 is 17.7 Å². The highest BCUT2D eigenvalue weighted by atomic mass is 32.2. The molecule has 1 aromatic carbocycles. The molecular formula is C18H26F3NOSSi. The van der Waals surface area contributed by atoms with Gasteiger partial charge in [0.25, 0.3) is 0 Å². The van der Waals surface area contributed by atoms with E-state index in [1.807, 2.05) is 0 Å². The molecule has 0 spiro atoms. The number of benzene rings is 1. The molecule has 1 rings (SSSR count). The van der Waals surface area contributed by atoms with Gasteiger partial charge in [0.15, 0.2) is 0 Å². The van der Waals surface area contributed by atoms with Crippen molar-refractivity contribution in [3.8, 4) is 11.5 Å². The minimum atomic E-state index is -4.43. The van der Waals surface area contributed by atoms with Crippen molar-refractivity contribution in [1.82, 2.24) is 4.72 Å². The van der Waals surface area contributed by atoms with Gasteiger partial charge in [-0.3, -0.25) is 0 Å². The van der Waals surface area contributed by atoms with Gasteiger partial charge in [-0.1, -0.05) is 37.7 Å². The van der Waals surface area contributed by atoms with Crippen LogP contribution in [-0.4, -0.2) is 17.4 Å². The summed E-state index contributed by atoms with van der Waals surface area (Å²) in [6.45, 7) is 13.0. The third-order valence-corrected chi connectivity index (χ3v) is 5.82. The van der Waals surface area contributed by atoms with E-state index in [1.165, 1.54) is 13.0 Å². The molecule has 0 fully saturated rings. The van der Waals surface area contributed by atoms with E-state index in [4.69, 9.17) is 0 Å². The van der Waals surface area contributed by atoms with E-state index in [9.17, 15) is 17.7 Å². The Morgan fingerprint density at radius 3 is 2.16 bits per heavy atom. The van der Waals surface area contributed by atoms with E-state index >= 15 is 0 Å². The van der Waals surface area contributed by atoms with Crippen molar-refractivity contribution in [1.29, 1.82) is 0 Å². The van der Waals surface area contributed by atoms with Crippen LogP contribution in [0.1, 0.15) is 43.5 Å². The minimum Gasteiger partial charge on any atom is -0.598 e. The summed E-state index contributed by atoms with van der Waals surface area (Å²) in [7, 11) is -1.74. The second kappa shape index (κ2) is 7.75. The van der Waals surface area contributed by atoms with Gasteiger partial charge in [0.05, 0.1) is 5.56 Å². The molecule has 0 saturated heterocycles. The highest BCUT2D eigenvalue weighted by Crippen LogP contribution is 2.35. The summed E-state index contributed by atoms with van der Waals surface area (Å²) >= 11 is -1.45. The molecule has 1 aromatic rings. The Labute approximate surface area is 152 Å². The van der Waals surface area contributed by atoms with Crippen molar-refractivity contribution in [2.45, 2.75) is 64.3 Å². The molecular weight excluding hydrogens is 363 g/mol. The number of nitrogens with one attached hydrogen (secondary N) is 1. The van der Waals surface area contributed by atoms with E-state index < -0.39 is 42.0 Å². The first-order valence-corrected chi connectivity index (χ1v) is 12.7. The summed E-state index contributed by atoms with van der Waals surface area (Å²) in [5.41, 5.74) is 3.02. The third-order valence-electron chi connectivity index (χ3n) is 3.36. The van der Waals surface area contributed by atoms with Gasteiger partial charge in [-0.15, -0.1) is 10.3 Å². The zero-order valence-electron chi connectivity index (χ0n) is 15.8. The molecule has 1 N–H and O–H groups in total. The van der Waals surface area contributed by atoms with Crippen LogP contribution in [0, 0.1) is 18.4 Å². The van der Waals surface area contributed by atoms with Gasteiger partial charge < -0.3 is 4.55 Å². The lowest BCUT2D eigenvalue weighted by molar-refractivity contribution is -0.138. The average molecular weight is 390 g/mol. The highest BCUT2D eigenvalue weighted by Gasteiger charge is 2.35. The Hall–Kier alpha value is -0.943. The van der Waals surface area contributed by atoms with Crippen molar-refractivity contribution in [2.75, 3.05) is 0 Å². The van der Waals surface area contributed by atoms with Gasteiger partial charge >= 0.3 is 6.18 Å². The molecule has 0 saturated carbocycles. The van der Waals surface area contributed by atoms with E-state index in [1.54, 1.807) is 26.8 Å². The number of hydrogen-bond donors (Lipinski definition) is 1. The fourth-order valence-corrected chi connectivity index (χ4v) is 3.35. The van der Waals surface area contributed by atoms with Crippen LogP contribution >= 0.6 is 0 Å². The Bertz CT molecular complexity index is 666. The molecule has 0 aliphatic heterocycles. The van der Waals surface area contributed by atoms with Crippen LogP contribution in [0.4, 0.5) is 13.2 Å². The molecule has 0 aromatic heterocycles. The number of alkyl halides is 3. The molecule has 25 heavy (non-hydrogen) atoms. The quantitative estimate of drug-likeness (QED) is 0.449. The topological polar surface area (TPSA) is 35.1 Å². The number of halogens is 3. The monoisotopic (exact) mass is 389 g/mol. The lowest BCUT2D eigenvalue weighted by Gasteiger charge is -2.27. The molecule has 2 nitrogen and oxygen atoms in total. The van der Waals surface area contributed by atoms with Crippen LogP contribution in [0.15, 0.2) is 18.2 Å². The Balaban J connectivity index is 3.40. The molecule has 0 heterocycles. The van der Waals surface area contributed by atoms with Crippen LogP contribution in [0.3, 0.4) is 0 Å². The standard InChI is InChI=1S/C18H26F3NOSSi/c1-13-14(9-8-10-15(13)18(19,20)21)16(11-12-25(5,6)7)22-24(23)17(2,3)4/h8-10,16,22H,1-7H3/t16-,24?/m1/s1. The summed E-state index contributed by atoms with van der Waals surface area (Å²) in [6, 6.07) is 3.33. The Morgan fingerprint density at radius 1 is 1.16 bits per heavy atom. The van der Waals surface area contributed by atoms with Crippen molar-refractivity contribution in [3.05, 3.63) is 34.9 Å². The fraction of sp³-hybridized carbons (Fsp3) is 0.556. The van der Waals surface area contributed by atoms with Crippen molar-refractivity contribution in [2.24, 2.45) is 0 Å². The molecule has 7 heteroatoms. The minimum absolute atomic E-state index is 0.114. The van der Waals surface area contributed by atoms with Crippen LogP contribution in [0.25, 0.3) is 0 Å². The van der Waals surface area contributed by atoms with Gasteiger partial charge in [-0.25, -0.2) is 0 Å². The molecule has 1 unspecified atom stereocenters. The SMILES string of the molecule is Cc1c([C@@H](C#C[Si](C)(C)C)N[S+]([O-])C(C)(C)C)cccc1C(F)(F)F. The maximum absolute atomic E-state index is 13.2. The lowest BCUT2D eigenvalue weighted by Crippen LogP contribution is -2.41. The van der Waals surface area contributed by atoms with Gasteiger partial charge in [0, 0.05) is 11.4 Å². The molecule has 0 bridgehead atoms. The number of rotatable bonds is 3. The Kier molecular flexibility index (Phi) is 6.85. The zero-order chi connectivity index (χ0) is 19.6. The summed E-state index contributed by atoms with van der Waals surface area (Å²) in [5.74, 6) is 3.04. The van der Waals surface area contributed by atoms with E-state index in [-0.39, 0.29) is 5.56 Å². The number of hydrogen-bond acceptors (Lipinski definition) is 2. The summed E-state index contributed by atoms with van der Waals surface area (Å²) < 4.78 is 54.5. The largest absolute Gasteiger partial charge is 0.598 e. The first-order valence-electron chi connectivity index (χ1n) is 8.00. The predicted molar refractivity (Wildman–Crippen MR) is 101 cm³/mol. The molecule has 0 aliphatic rings. The molecule has 140 valence electrons. The second-order valence-corrected chi connectivity index (χ2v) is 14.7. The van der Waals surface area contributed by atoms with Crippen LogP contribution in [0.5, 0.6) is 0 Å². The summed E-state index contributed by atoms with van der Waals surface area (Å²) in [6.07, 6.45) is -4.43.